The molecule has 0 radical (unpaired) electrons. The fraction of sp³-hybridized carbons (Fsp3) is 1.00. The standard InChI is InChI=1S/C8H22N2O2Si/c1-8(10-6-5-9)7-13(4,11-2)12-3/h8,10H,5-7,9H2,1-4H3. The highest BCUT2D eigenvalue weighted by molar-refractivity contribution is 6.66. The molecule has 4 nitrogen and oxygen atoms in total. The molecule has 0 saturated heterocycles. The number of nitrogens with two attached hydrogens (primary N) is 1. The summed E-state index contributed by atoms with van der Waals surface area (Å²) in [5, 5.41) is 3.31. The van der Waals surface area contributed by atoms with Crippen LogP contribution in [-0.2, 0) is 8.85 Å². The molecule has 0 amide bonds. The second kappa shape index (κ2) is 6.50. The third-order valence-electron chi connectivity index (χ3n) is 2.18. The Morgan fingerprint density at radius 1 is 1.38 bits per heavy atom. The predicted octanol–water partition coefficient (Wildman–Crippen LogP) is 0.288. The van der Waals surface area contributed by atoms with Crippen molar-refractivity contribution in [3.63, 3.8) is 0 Å². The van der Waals surface area contributed by atoms with Gasteiger partial charge in [-0.1, -0.05) is 0 Å². The van der Waals surface area contributed by atoms with Gasteiger partial charge >= 0.3 is 8.56 Å². The van der Waals surface area contributed by atoms with Gasteiger partial charge in [-0.2, -0.15) is 0 Å². The van der Waals surface area contributed by atoms with Crippen LogP contribution in [0.4, 0.5) is 0 Å². The molecule has 0 aromatic rings. The Morgan fingerprint density at radius 3 is 2.31 bits per heavy atom. The molecule has 3 N–H and O–H groups in total. The van der Waals surface area contributed by atoms with Gasteiger partial charge in [0.05, 0.1) is 0 Å². The maximum absolute atomic E-state index is 5.39. The van der Waals surface area contributed by atoms with Crippen LogP contribution in [0.25, 0.3) is 0 Å². The van der Waals surface area contributed by atoms with Crippen LogP contribution in [0, 0.1) is 0 Å². The number of hydrogen-bond acceptors (Lipinski definition) is 4. The highest BCUT2D eigenvalue weighted by Crippen LogP contribution is 2.13. The zero-order valence-corrected chi connectivity index (χ0v) is 10.1. The van der Waals surface area contributed by atoms with Crippen LogP contribution in [0.1, 0.15) is 6.92 Å². The lowest BCUT2D eigenvalue weighted by Gasteiger charge is -2.26. The summed E-state index contributed by atoms with van der Waals surface area (Å²) >= 11 is 0. The summed E-state index contributed by atoms with van der Waals surface area (Å²) in [6, 6.07) is 1.35. The molecule has 0 aromatic heterocycles. The number of hydrogen-bond donors (Lipinski definition) is 2. The quantitative estimate of drug-likeness (QED) is 0.588. The molecule has 0 saturated carbocycles. The Labute approximate surface area is 82.0 Å². The van der Waals surface area contributed by atoms with E-state index in [4.69, 9.17) is 14.6 Å². The molecule has 13 heavy (non-hydrogen) atoms. The van der Waals surface area contributed by atoms with Gasteiger partial charge in [-0.05, 0) is 13.5 Å². The average molecular weight is 206 g/mol. The Kier molecular flexibility index (Phi) is 6.53. The fourth-order valence-corrected chi connectivity index (χ4v) is 2.96. The second-order valence-corrected chi connectivity index (χ2v) is 6.88. The molecular formula is C8H22N2O2Si. The van der Waals surface area contributed by atoms with Crippen molar-refractivity contribution in [2.75, 3.05) is 27.3 Å². The van der Waals surface area contributed by atoms with E-state index < -0.39 is 8.56 Å². The molecule has 1 unspecified atom stereocenters. The summed E-state index contributed by atoms with van der Waals surface area (Å²) in [6.45, 7) is 5.70. The van der Waals surface area contributed by atoms with Gasteiger partial charge in [0.15, 0.2) is 0 Å². The van der Waals surface area contributed by atoms with Gasteiger partial charge in [0, 0.05) is 39.4 Å². The molecule has 0 aliphatic rings. The van der Waals surface area contributed by atoms with Crippen LogP contribution in [0.5, 0.6) is 0 Å². The normalized spacial score (nSPS) is 14.5. The molecule has 0 aliphatic carbocycles. The van der Waals surface area contributed by atoms with Gasteiger partial charge in [-0.3, -0.25) is 0 Å². The highest BCUT2D eigenvalue weighted by Gasteiger charge is 2.30. The van der Waals surface area contributed by atoms with E-state index in [9.17, 15) is 0 Å². The van der Waals surface area contributed by atoms with E-state index in [0.717, 1.165) is 12.6 Å². The lowest BCUT2D eigenvalue weighted by molar-refractivity contribution is 0.245. The van der Waals surface area contributed by atoms with Gasteiger partial charge in [0.2, 0.25) is 0 Å². The minimum atomic E-state index is -1.91. The van der Waals surface area contributed by atoms with E-state index in [1.807, 2.05) is 0 Å². The second-order valence-electron chi connectivity index (χ2n) is 3.39. The van der Waals surface area contributed by atoms with E-state index in [1.165, 1.54) is 0 Å². The van der Waals surface area contributed by atoms with Crippen molar-refractivity contribution in [3.05, 3.63) is 0 Å². The first-order valence-corrected chi connectivity index (χ1v) is 7.14. The van der Waals surface area contributed by atoms with Crippen LogP contribution in [-0.4, -0.2) is 41.9 Å². The topological polar surface area (TPSA) is 56.5 Å². The molecule has 0 bridgehead atoms. The summed E-state index contributed by atoms with van der Waals surface area (Å²) in [6.07, 6.45) is 0. The van der Waals surface area contributed by atoms with E-state index in [-0.39, 0.29) is 0 Å². The van der Waals surface area contributed by atoms with E-state index in [0.29, 0.717) is 12.6 Å². The first-order valence-electron chi connectivity index (χ1n) is 4.61. The summed E-state index contributed by atoms with van der Waals surface area (Å²) in [5.74, 6) is 0. The molecular weight excluding hydrogens is 184 g/mol. The largest absolute Gasteiger partial charge is 0.398 e. The Morgan fingerprint density at radius 2 is 1.92 bits per heavy atom. The van der Waals surface area contributed by atoms with Crippen molar-refractivity contribution in [3.8, 4) is 0 Å². The zero-order valence-electron chi connectivity index (χ0n) is 9.09. The van der Waals surface area contributed by atoms with Crippen molar-refractivity contribution in [1.82, 2.24) is 5.32 Å². The van der Waals surface area contributed by atoms with Crippen molar-refractivity contribution in [2.45, 2.75) is 25.6 Å². The number of nitrogens with one attached hydrogen (secondary N) is 1. The average Bonchev–Trinajstić information content (AvgIpc) is 2.14. The monoisotopic (exact) mass is 206 g/mol. The van der Waals surface area contributed by atoms with E-state index in [1.54, 1.807) is 14.2 Å². The number of rotatable bonds is 7. The maximum atomic E-state index is 5.39. The smallest absolute Gasteiger partial charge is 0.335 e. The molecule has 0 aromatic carbocycles. The third kappa shape index (κ3) is 5.38. The van der Waals surface area contributed by atoms with Gasteiger partial charge in [-0.25, -0.2) is 0 Å². The molecule has 0 spiro atoms. The van der Waals surface area contributed by atoms with Crippen LogP contribution < -0.4 is 11.1 Å². The molecule has 0 rings (SSSR count). The van der Waals surface area contributed by atoms with E-state index >= 15 is 0 Å². The first-order chi connectivity index (χ1) is 6.08. The zero-order chi connectivity index (χ0) is 10.3. The first kappa shape index (κ1) is 13.1. The van der Waals surface area contributed by atoms with Crippen LogP contribution in [0.2, 0.25) is 12.6 Å². The lowest BCUT2D eigenvalue weighted by Crippen LogP contribution is -2.43. The van der Waals surface area contributed by atoms with Crippen LogP contribution in [0.15, 0.2) is 0 Å². The van der Waals surface area contributed by atoms with Crippen molar-refractivity contribution in [1.29, 1.82) is 0 Å². The van der Waals surface area contributed by atoms with Crippen LogP contribution in [0.3, 0.4) is 0 Å². The van der Waals surface area contributed by atoms with Crippen molar-refractivity contribution in [2.24, 2.45) is 5.73 Å². The Balaban J connectivity index is 3.79. The van der Waals surface area contributed by atoms with Gasteiger partial charge in [0.1, 0.15) is 0 Å². The predicted molar refractivity (Wildman–Crippen MR) is 57.0 cm³/mol. The Bertz CT molecular complexity index is 131. The Hall–Kier alpha value is 0.0569. The highest BCUT2D eigenvalue weighted by atomic mass is 28.4. The minimum absolute atomic E-state index is 0.403. The lowest BCUT2D eigenvalue weighted by atomic mass is 10.4. The van der Waals surface area contributed by atoms with Crippen LogP contribution >= 0.6 is 0 Å². The van der Waals surface area contributed by atoms with Gasteiger partial charge in [0.25, 0.3) is 0 Å². The molecule has 5 heteroatoms. The summed E-state index contributed by atoms with van der Waals surface area (Å²) in [4.78, 5) is 0. The summed E-state index contributed by atoms with van der Waals surface area (Å²) in [7, 11) is 1.51. The summed E-state index contributed by atoms with van der Waals surface area (Å²) in [5.41, 5.74) is 5.39. The molecule has 80 valence electrons. The van der Waals surface area contributed by atoms with E-state index in [2.05, 4.69) is 18.8 Å². The molecule has 0 aliphatic heterocycles. The third-order valence-corrected chi connectivity index (χ3v) is 5.26. The summed E-state index contributed by atoms with van der Waals surface area (Å²) < 4.78 is 10.8. The van der Waals surface area contributed by atoms with Gasteiger partial charge in [-0.15, -0.1) is 0 Å². The molecule has 1 atom stereocenters. The molecule has 0 heterocycles. The fourth-order valence-electron chi connectivity index (χ4n) is 1.21. The SMILES string of the molecule is CO[Si](C)(CC(C)NCCN)OC. The van der Waals surface area contributed by atoms with Crippen molar-refractivity contribution >= 4 is 8.56 Å². The van der Waals surface area contributed by atoms with Crippen molar-refractivity contribution < 1.29 is 8.85 Å². The minimum Gasteiger partial charge on any atom is -0.398 e. The van der Waals surface area contributed by atoms with Gasteiger partial charge < -0.3 is 19.9 Å². The molecule has 0 fully saturated rings. The maximum Gasteiger partial charge on any atom is 0.335 e.